The molecule has 0 bridgehead atoms. The van der Waals surface area contributed by atoms with E-state index < -0.39 is 0 Å². The number of ether oxygens (including phenoxy) is 2. The number of thioether (sulfide) groups is 1. The SMILES string of the molecule is COc1ccc(-c2nnc(NC(=O)c3ccc(SC)cc3)o2)cc1OC. The van der Waals surface area contributed by atoms with Crippen LogP contribution in [0, 0.1) is 0 Å². The molecule has 0 fully saturated rings. The predicted octanol–water partition coefficient (Wildman–Crippen LogP) is 3.73. The molecule has 7 nitrogen and oxygen atoms in total. The van der Waals surface area contributed by atoms with Gasteiger partial charge in [0.1, 0.15) is 0 Å². The molecule has 0 saturated carbocycles. The molecule has 0 unspecified atom stereocenters. The highest BCUT2D eigenvalue weighted by Gasteiger charge is 2.14. The van der Waals surface area contributed by atoms with Crippen LogP contribution >= 0.6 is 11.8 Å². The Bertz CT molecular complexity index is 909. The molecule has 3 rings (SSSR count). The van der Waals surface area contributed by atoms with Gasteiger partial charge in [-0.15, -0.1) is 16.9 Å². The number of carbonyl (C=O) groups is 1. The Hall–Kier alpha value is -3.00. The van der Waals surface area contributed by atoms with Gasteiger partial charge in [-0.1, -0.05) is 5.10 Å². The van der Waals surface area contributed by atoms with E-state index in [1.165, 1.54) is 0 Å². The number of amides is 1. The second-order valence-electron chi connectivity index (χ2n) is 5.16. The first-order chi connectivity index (χ1) is 12.6. The number of rotatable bonds is 6. The van der Waals surface area contributed by atoms with Crippen molar-refractivity contribution in [3.05, 3.63) is 48.0 Å². The van der Waals surface area contributed by atoms with Crippen molar-refractivity contribution in [1.82, 2.24) is 10.2 Å². The van der Waals surface area contributed by atoms with Crippen molar-refractivity contribution in [3.8, 4) is 23.0 Å². The maximum absolute atomic E-state index is 12.3. The minimum atomic E-state index is -0.319. The molecule has 0 saturated heterocycles. The van der Waals surface area contributed by atoms with E-state index in [4.69, 9.17) is 13.9 Å². The largest absolute Gasteiger partial charge is 0.493 e. The lowest BCUT2D eigenvalue weighted by Gasteiger charge is -2.07. The number of methoxy groups -OCH3 is 2. The molecule has 1 aromatic heterocycles. The van der Waals surface area contributed by atoms with Gasteiger partial charge >= 0.3 is 6.01 Å². The molecule has 0 atom stereocenters. The van der Waals surface area contributed by atoms with Gasteiger partial charge in [0.25, 0.3) is 5.91 Å². The Labute approximate surface area is 154 Å². The van der Waals surface area contributed by atoms with Crippen LogP contribution in [0.3, 0.4) is 0 Å². The Balaban J connectivity index is 1.76. The molecule has 0 aliphatic carbocycles. The second kappa shape index (κ2) is 7.92. The summed E-state index contributed by atoms with van der Waals surface area (Å²) >= 11 is 1.61. The van der Waals surface area contributed by atoms with Crippen LogP contribution in [0.4, 0.5) is 6.01 Å². The van der Waals surface area contributed by atoms with Crippen LogP contribution in [-0.2, 0) is 0 Å². The van der Waals surface area contributed by atoms with Crippen molar-refractivity contribution in [2.75, 3.05) is 25.8 Å². The Morgan fingerprint density at radius 3 is 2.42 bits per heavy atom. The van der Waals surface area contributed by atoms with Crippen molar-refractivity contribution in [1.29, 1.82) is 0 Å². The third kappa shape index (κ3) is 3.80. The Morgan fingerprint density at radius 2 is 1.77 bits per heavy atom. The van der Waals surface area contributed by atoms with E-state index in [9.17, 15) is 4.79 Å². The number of benzene rings is 2. The number of hydrogen-bond acceptors (Lipinski definition) is 7. The summed E-state index contributed by atoms with van der Waals surface area (Å²) in [6.45, 7) is 0. The van der Waals surface area contributed by atoms with Crippen molar-refractivity contribution >= 4 is 23.7 Å². The van der Waals surface area contributed by atoms with E-state index >= 15 is 0 Å². The lowest BCUT2D eigenvalue weighted by Crippen LogP contribution is -2.11. The van der Waals surface area contributed by atoms with Gasteiger partial charge in [0.05, 0.1) is 14.2 Å². The molecular weight excluding hydrogens is 354 g/mol. The van der Waals surface area contributed by atoms with E-state index in [1.807, 2.05) is 18.4 Å². The first-order valence-electron chi connectivity index (χ1n) is 7.66. The number of hydrogen-bond donors (Lipinski definition) is 1. The van der Waals surface area contributed by atoms with E-state index in [2.05, 4.69) is 15.5 Å². The fourth-order valence-electron chi connectivity index (χ4n) is 2.27. The minimum absolute atomic E-state index is 0.0220. The standard InChI is InChI=1S/C18H17N3O4S/c1-23-14-9-6-12(10-15(14)24-2)17-20-21-18(25-17)19-16(22)11-4-7-13(26-3)8-5-11/h4-10H,1-3H3,(H,19,21,22). The lowest BCUT2D eigenvalue weighted by molar-refractivity contribution is 0.102. The summed E-state index contributed by atoms with van der Waals surface area (Å²) < 4.78 is 16.0. The fourth-order valence-corrected chi connectivity index (χ4v) is 2.68. The average Bonchev–Trinajstić information content (AvgIpc) is 3.15. The number of nitrogens with one attached hydrogen (secondary N) is 1. The maximum Gasteiger partial charge on any atom is 0.322 e. The molecule has 1 heterocycles. The van der Waals surface area contributed by atoms with Gasteiger partial charge < -0.3 is 13.9 Å². The van der Waals surface area contributed by atoms with Crippen molar-refractivity contribution in [2.24, 2.45) is 0 Å². The van der Waals surface area contributed by atoms with E-state index in [1.54, 1.807) is 56.3 Å². The van der Waals surface area contributed by atoms with E-state index in [-0.39, 0.29) is 17.8 Å². The topological polar surface area (TPSA) is 86.5 Å². The summed E-state index contributed by atoms with van der Waals surface area (Å²) in [5.74, 6) is 1.08. The highest BCUT2D eigenvalue weighted by Crippen LogP contribution is 2.32. The molecule has 0 radical (unpaired) electrons. The van der Waals surface area contributed by atoms with Crippen molar-refractivity contribution in [3.63, 3.8) is 0 Å². The van der Waals surface area contributed by atoms with E-state index in [0.717, 1.165) is 4.90 Å². The molecule has 1 amide bonds. The molecular formula is C18H17N3O4S. The molecule has 0 aliphatic heterocycles. The van der Waals surface area contributed by atoms with Crippen LogP contribution < -0.4 is 14.8 Å². The zero-order chi connectivity index (χ0) is 18.5. The summed E-state index contributed by atoms with van der Waals surface area (Å²) in [5.41, 5.74) is 1.16. The molecule has 0 aliphatic rings. The minimum Gasteiger partial charge on any atom is -0.493 e. The van der Waals surface area contributed by atoms with Gasteiger partial charge in [0.15, 0.2) is 11.5 Å². The normalized spacial score (nSPS) is 10.4. The zero-order valence-electron chi connectivity index (χ0n) is 14.5. The van der Waals surface area contributed by atoms with E-state index in [0.29, 0.717) is 22.6 Å². The van der Waals surface area contributed by atoms with Crippen LogP contribution in [0.15, 0.2) is 51.8 Å². The Kier molecular flexibility index (Phi) is 5.43. The Morgan fingerprint density at radius 1 is 1.04 bits per heavy atom. The van der Waals surface area contributed by atoms with Crippen LogP contribution in [-0.4, -0.2) is 36.6 Å². The second-order valence-corrected chi connectivity index (χ2v) is 6.04. The number of carbonyl (C=O) groups excluding carboxylic acids is 1. The highest BCUT2D eigenvalue weighted by atomic mass is 32.2. The third-order valence-corrected chi connectivity index (χ3v) is 4.37. The van der Waals surface area contributed by atoms with Gasteiger partial charge in [-0.2, -0.15) is 0 Å². The van der Waals surface area contributed by atoms with Gasteiger partial charge in [0.2, 0.25) is 5.89 Å². The van der Waals surface area contributed by atoms with Crippen LogP contribution in [0.1, 0.15) is 10.4 Å². The van der Waals surface area contributed by atoms with Gasteiger partial charge in [-0.05, 0) is 48.7 Å². The first kappa shape index (κ1) is 17.8. The summed E-state index contributed by atoms with van der Waals surface area (Å²) in [7, 11) is 3.10. The summed E-state index contributed by atoms with van der Waals surface area (Å²) in [5, 5.41) is 10.4. The van der Waals surface area contributed by atoms with Gasteiger partial charge in [0, 0.05) is 16.0 Å². The molecule has 3 aromatic rings. The summed E-state index contributed by atoms with van der Waals surface area (Å²) in [6.07, 6.45) is 1.98. The average molecular weight is 371 g/mol. The molecule has 0 spiro atoms. The smallest absolute Gasteiger partial charge is 0.322 e. The molecule has 1 N–H and O–H groups in total. The zero-order valence-corrected chi connectivity index (χ0v) is 15.3. The summed E-state index contributed by atoms with van der Waals surface area (Å²) in [6, 6.07) is 12.5. The number of anilines is 1. The fraction of sp³-hybridized carbons (Fsp3) is 0.167. The maximum atomic E-state index is 12.3. The van der Waals surface area contributed by atoms with Gasteiger partial charge in [-0.3, -0.25) is 10.1 Å². The molecule has 8 heteroatoms. The van der Waals surface area contributed by atoms with Crippen LogP contribution in [0.5, 0.6) is 11.5 Å². The lowest BCUT2D eigenvalue weighted by atomic mass is 10.2. The third-order valence-electron chi connectivity index (χ3n) is 3.63. The first-order valence-corrected chi connectivity index (χ1v) is 8.88. The van der Waals surface area contributed by atoms with Crippen molar-refractivity contribution in [2.45, 2.75) is 4.90 Å². The van der Waals surface area contributed by atoms with Crippen LogP contribution in [0.2, 0.25) is 0 Å². The highest BCUT2D eigenvalue weighted by molar-refractivity contribution is 7.98. The van der Waals surface area contributed by atoms with Crippen LogP contribution in [0.25, 0.3) is 11.5 Å². The number of aromatic nitrogens is 2. The quantitative estimate of drug-likeness (QED) is 0.661. The molecule has 26 heavy (non-hydrogen) atoms. The number of nitrogens with zero attached hydrogens (tertiary/aromatic N) is 2. The van der Waals surface area contributed by atoms with Gasteiger partial charge in [-0.25, -0.2) is 0 Å². The molecule has 134 valence electrons. The molecule has 2 aromatic carbocycles. The predicted molar refractivity (Wildman–Crippen MR) is 99.0 cm³/mol. The van der Waals surface area contributed by atoms with Crippen molar-refractivity contribution < 1.29 is 18.7 Å². The monoisotopic (exact) mass is 371 g/mol. The summed E-state index contributed by atoms with van der Waals surface area (Å²) in [4.78, 5) is 13.3.